The van der Waals surface area contributed by atoms with Gasteiger partial charge in [0, 0.05) is 16.5 Å². The van der Waals surface area contributed by atoms with Crippen molar-refractivity contribution in [2.45, 2.75) is 32.6 Å². The summed E-state index contributed by atoms with van der Waals surface area (Å²) >= 11 is 3.60. The number of carboxylic acids is 1. The summed E-state index contributed by atoms with van der Waals surface area (Å²) < 4.78 is 6.62. The monoisotopic (exact) mass is 555 g/mol. The van der Waals surface area contributed by atoms with E-state index in [9.17, 15) is 15.2 Å². The Bertz CT molecular complexity index is 1490. The average molecular weight is 557 g/mol. The lowest BCUT2D eigenvalue weighted by Crippen LogP contribution is -2.59. The van der Waals surface area contributed by atoms with Gasteiger partial charge < -0.3 is 9.84 Å². The molecule has 37 heavy (non-hydrogen) atoms. The van der Waals surface area contributed by atoms with E-state index >= 15 is 0 Å². The van der Waals surface area contributed by atoms with Gasteiger partial charge in [0.2, 0.25) is 0 Å². The van der Waals surface area contributed by atoms with Crippen molar-refractivity contribution in [2.24, 2.45) is 10.8 Å². The quantitative estimate of drug-likeness (QED) is 0.252. The fraction of sp³-hybridized carbons (Fsp3) is 0.250. The van der Waals surface area contributed by atoms with E-state index in [1.165, 1.54) is 0 Å². The van der Waals surface area contributed by atoms with Crippen LogP contribution in [0.25, 0.3) is 10.8 Å². The molecule has 2 atom stereocenters. The first-order valence-corrected chi connectivity index (χ1v) is 12.9. The smallest absolute Gasteiger partial charge is 0.325 e. The van der Waals surface area contributed by atoms with Crippen molar-refractivity contribution in [1.29, 1.82) is 5.26 Å². The second kappa shape index (κ2) is 10.0. The van der Waals surface area contributed by atoms with Crippen molar-refractivity contribution in [3.05, 3.63) is 112 Å². The standard InChI is InChI=1S/C32H30BrNO3/c1-30(2,3)32(26-16-8-10-19-28(26)37-4,25-17-11-14-22-12-5-7-15-24(22)25)31(21-34,29(35)36)20-23-13-6-9-18-27(23)33/h5-19H,20H2,1-4H3,(H,35,36). The van der Waals surface area contributed by atoms with Crippen LogP contribution in [0.15, 0.2) is 95.5 Å². The number of ether oxygens (including phenoxy) is 1. The van der Waals surface area contributed by atoms with Crippen LogP contribution in [0.2, 0.25) is 0 Å². The maximum atomic E-state index is 13.7. The van der Waals surface area contributed by atoms with E-state index in [2.05, 4.69) is 22.0 Å². The lowest BCUT2D eigenvalue weighted by atomic mass is 9.45. The number of carbonyl (C=O) groups is 1. The van der Waals surface area contributed by atoms with Gasteiger partial charge >= 0.3 is 5.97 Å². The summed E-state index contributed by atoms with van der Waals surface area (Å²) in [5, 5.41) is 24.1. The number of carboxylic acid groups (broad SMARTS) is 1. The summed E-state index contributed by atoms with van der Waals surface area (Å²) in [6.07, 6.45) is -0.0151. The third-order valence-electron chi connectivity index (χ3n) is 7.44. The minimum absolute atomic E-state index is 0.0151. The van der Waals surface area contributed by atoms with Gasteiger partial charge in [-0.15, -0.1) is 0 Å². The van der Waals surface area contributed by atoms with Crippen LogP contribution < -0.4 is 4.74 Å². The van der Waals surface area contributed by atoms with Crippen LogP contribution in [-0.2, 0) is 16.6 Å². The molecule has 0 heterocycles. The largest absolute Gasteiger partial charge is 0.496 e. The molecule has 0 bridgehead atoms. The van der Waals surface area contributed by atoms with E-state index in [0.717, 1.165) is 26.4 Å². The van der Waals surface area contributed by atoms with Gasteiger partial charge in [0.15, 0.2) is 5.41 Å². The predicted molar refractivity (Wildman–Crippen MR) is 151 cm³/mol. The Labute approximate surface area is 226 Å². The SMILES string of the molecule is COc1ccccc1C(c1cccc2ccccc12)(C(C)(C)C)C(C#N)(Cc1ccccc1Br)C(=O)O. The number of hydrogen-bond donors (Lipinski definition) is 1. The Hall–Kier alpha value is -3.62. The molecule has 0 aliphatic carbocycles. The zero-order chi connectivity index (χ0) is 26.8. The van der Waals surface area contributed by atoms with E-state index in [1.54, 1.807) is 7.11 Å². The topological polar surface area (TPSA) is 70.3 Å². The fourth-order valence-corrected chi connectivity index (χ4v) is 6.45. The number of hydrogen-bond acceptors (Lipinski definition) is 3. The first-order chi connectivity index (χ1) is 17.6. The van der Waals surface area contributed by atoms with E-state index in [-0.39, 0.29) is 6.42 Å². The van der Waals surface area contributed by atoms with E-state index < -0.39 is 22.2 Å². The highest BCUT2D eigenvalue weighted by atomic mass is 79.9. The summed E-state index contributed by atoms with van der Waals surface area (Å²) in [7, 11) is 1.58. The first-order valence-electron chi connectivity index (χ1n) is 12.1. The summed E-state index contributed by atoms with van der Waals surface area (Å²) in [4.78, 5) is 13.7. The summed E-state index contributed by atoms with van der Waals surface area (Å²) in [6.45, 7) is 6.03. The van der Waals surface area contributed by atoms with Gasteiger partial charge in [-0.2, -0.15) is 5.26 Å². The number of halogens is 1. The molecule has 1 N–H and O–H groups in total. The Morgan fingerprint density at radius 2 is 1.49 bits per heavy atom. The molecule has 188 valence electrons. The third-order valence-corrected chi connectivity index (χ3v) is 8.21. The second-order valence-electron chi connectivity index (χ2n) is 10.3. The fourth-order valence-electron chi connectivity index (χ4n) is 6.03. The van der Waals surface area contributed by atoms with Crippen LogP contribution in [-0.4, -0.2) is 18.2 Å². The molecule has 4 aromatic rings. The van der Waals surface area contributed by atoms with Crippen LogP contribution in [0.1, 0.15) is 37.5 Å². The Balaban J connectivity index is 2.29. The average Bonchev–Trinajstić information content (AvgIpc) is 2.89. The van der Waals surface area contributed by atoms with Crippen molar-refractivity contribution in [3.8, 4) is 11.8 Å². The lowest BCUT2D eigenvalue weighted by molar-refractivity contribution is -0.151. The Kier molecular flexibility index (Phi) is 7.17. The Morgan fingerprint density at radius 1 is 0.892 bits per heavy atom. The molecule has 0 fully saturated rings. The number of fused-ring (bicyclic) bond motifs is 1. The van der Waals surface area contributed by atoms with Gasteiger partial charge in [0.25, 0.3) is 0 Å². The second-order valence-corrected chi connectivity index (χ2v) is 11.2. The molecule has 5 heteroatoms. The van der Waals surface area contributed by atoms with Crippen molar-refractivity contribution in [1.82, 2.24) is 0 Å². The molecule has 0 radical (unpaired) electrons. The molecule has 0 aliphatic rings. The highest BCUT2D eigenvalue weighted by Crippen LogP contribution is 2.62. The maximum absolute atomic E-state index is 13.7. The molecule has 2 unspecified atom stereocenters. The Morgan fingerprint density at radius 3 is 2.14 bits per heavy atom. The van der Waals surface area contributed by atoms with Crippen molar-refractivity contribution < 1.29 is 14.6 Å². The van der Waals surface area contributed by atoms with Crippen LogP contribution in [0.3, 0.4) is 0 Å². The third kappa shape index (κ3) is 4.10. The molecular weight excluding hydrogens is 526 g/mol. The zero-order valence-corrected chi connectivity index (χ0v) is 23.0. The van der Waals surface area contributed by atoms with Gasteiger partial charge in [-0.1, -0.05) is 116 Å². The summed E-state index contributed by atoms with van der Waals surface area (Å²) in [6, 6.07) is 31.2. The summed E-state index contributed by atoms with van der Waals surface area (Å²) in [5.41, 5.74) is -1.80. The zero-order valence-electron chi connectivity index (χ0n) is 21.5. The van der Waals surface area contributed by atoms with Gasteiger partial charge in [0.05, 0.1) is 18.6 Å². The van der Waals surface area contributed by atoms with Crippen molar-refractivity contribution in [2.75, 3.05) is 7.11 Å². The number of nitrogens with zero attached hydrogens (tertiary/aromatic N) is 1. The van der Waals surface area contributed by atoms with E-state index in [4.69, 9.17) is 4.74 Å². The molecule has 0 spiro atoms. The number of benzene rings is 4. The maximum Gasteiger partial charge on any atom is 0.325 e. The molecule has 4 aromatic carbocycles. The molecule has 0 aromatic heterocycles. The minimum atomic E-state index is -1.91. The molecule has 0 aliphatic heterocycles. The first kappa shape index (κ1) is 26.4. The van der Waals surface area contributed by atoms with Gasteiger partial charge in [0.1, 0.15) is 5.75 Å². The molecular formula is C32H30BrNO3. The number of nitriles is 1. The summed E-state index contributed by atoms with van der Waals surface area (Å²) in [5.74, 6) is -0.641. The number of para-hydroxylation sites is 1. The van der Waals surface area contributed by atoms with Gasteiger partial charge in [-0.05, 0) is 39.4 Å². The lowest BCUT2D eigenvalue weighted by Gasteiger charge is -2.54. The molecule has 0 saturated heterocycles. The van der Waals surface area contributed by atoms with Crippen LogP contribution in [0.5, 0.6) is 5.75 Å². The molecule has 0 amide bonds. The van der Waals surface area contributed by atoms with Crippen molar-refractivity contribution >= 4 is 32.7 Å². The number of rotatable bonds is 7. The molecule has 0 saturated carbocycles. The predicted octanol–water partition coefficient (Wildman–Crippen LogP) is 7.78. The van der Waals surface area contributed by atoms with E-state index in [1.807, 2.05) is 112 Å². The molecule has 4 nitrogen and oxygen atoms in total. The van der Waals surface area contributed by atoms with E-state index in [0.29, 0.717) is 11.3 Å². The normalized spacial score (nSPS) is 14.8. The highest BCUT2D eigenvalue weighted by Gasteiger charge is 2.66. The van der Waals surface area contributed by atoms with Gasteiger partial charge in [-0.3, -0.25) is 4.79 Å². The number of methoxy groups -OCH3 is 1. The van der Waals surface area contributed by atoms with Crippen molar-refractivity contribution in [3.63, 3.8) is 0 Å². The number of aliphatic carboxylic acids is 1. The minimum Gasteiger partial charge on any atom is -0.496 e. The van der Waals surface area contributed by atoms with Crippen LogP contribution in [0.4, 0.5) is 0 Å². The molecule has 4 rings (SSSR count). The van der Waals surface area contributed by atoms with Gasteiger partial charge in [-0.25, -0.2) is 0 Å². The van der Waals surface area contributed by atoms with Crippen LogP contribution >= 0.6 is 15.9 Å². The van der Waals surface area contributed by atoms with Crippen LogP contribution in [0, 0.1) is 22.2 Å². The highest BCUT2D eigenvalue weighted by molar-refractivity contribution is 9.10.